The van der Waals surface area contributed by atoms with Gasteiger partial charge < -0.3 is 33.8 Å². The summed E-state index contributed by atoms with van der Waals surface area (Å²) in [6, 6.07) is 0. The number of rotatable bonds is 86. The Balaban J connectivity index is 5.24. The Hall–Kier alpha value is -1.94. The molecule has 6 atom stereocenters. The number of aliphatic hydroxyl groups is 1. The molecule has 3 N–H and O–H groups in total. The van der Waals surface area contributed by atoms with Crippen molar-refractivity contribution in [2.75, 3.05) is 39.6 Å². The van der Waals surface area contributed by atoms with Crippen LogP contribution in [-0.2, 0) is 65.4 Å². The number of carbonyl (C=O) groups excluding carboxylic acids is 4. The summed E-state index contributed by atoms with van der Waals surface area (Å²) < 4.78 is 68.9. The maximum atomic E-state index is 13.2. The molecule has 0 saturated heterocycles. The van der Waals surface area contributed by atoms with Crippen LogP contribution < -0.4 is 0 Å². The van der Waals surface area contributed by atoms with Crippen molar-refractivity contribution in [1.82, 2.24) is 0 Å². The average molecular weight is 1550 g/mol. The van der Waals surface area contributed by atoms with Gasteiger partial charge in [-0.2, -0.15) is 0 Å². The highest BCUT2D eigenvalue weighted by Crippen LogP contribution is 2.45. The summed E-state index contributed by atoms with van der Waals surface area (Å²) in [7, 11) is -9.93. The first kappa shape index (κ1) is 104. The molecular formula is C87H170O17P2. The summed E-state index contributed by atoms with van der Waals surface area (Å²) in [6.45, 7) is 9.69. The number of phosphoric acid groups is 2. The SMILES string of the molecule is CCCCCCCCCCCCCCCCCCCCCCCCC(=O)O[C@H](COC(=O)CCCCCCCCCCCCCCCCCCC)COP(=O)(O)OC[C@@H](O)COP(=O)(O)OC[C@@H](COC(=O)CCCCCCCCCCC(C)CC)OC(=O)CCCCCCCCCCCCCCC(C)C. The highest BCUT2D eigenvalue weighted by atomic mass is 31.2. The Morgan fingerprint density at radius 1 is 0.274 bits per heavy atom. The Morgan fingerprint density at radius 3 is 0.717 bits per heavy atom. The molecule has 0 aliphatic heterocycles. The van der Waals surface area contributed by atoms with Gasteiger partial charge in [0.25, 0.3) is 0 Å². The van der Waals surface area contributed by atoms with Crippen LogP contribution in [0.1, 0.15) is 465 Å². The summed E-state index contributed by atoms with van der Waals surface area (Å²) in [5.41, 5.74) is 0. The molecule has 0 aromatic carbocycles. The molecule has 630 valence electrons. The normalized spacial score (nSPS) is 14.1. The fourth-order valence-corrected chi connectivity index (χ4v) is 15.1. The molecule has 0 spiro atoms. The van der Waals surface area contributed by atoms with Crippen molar-refractivity contribution < 1.29 is 80.2 Å². The van der Waals surface area contributed by atoms with Gasteiger partial charge >= 0.3 is 39.5 Å². The van der Waals surface area contributed by atoms with Gasteiger partial charge in [0.2, 0.25) is 0 Å². The van der Waals surface area contributed by atoms with Crippen LogP contribution in [0.15, 0.2) is 0 Å². The number of esters is 4. The van der Waals surface area contributed by atoms with Crippen LogP contribution in [0.3, 0.4) is 0 Å². The molecule has 19 heteroatoms. The van der Waals surface area contributed by atoms with Crippen molar-refractivity contribution in [1.29, 1.82) is 0 Å². The summed E-state index contributed by atoms with van der Waals surface area (Å²) in [5.74, 6) is -0.548. The van der Waals surface area contributed by atoms with E-state index in [1.807, 2.05) is 0 Å². The van der Waals surface area contributed by atoms with Gasteiger partial charge in [0.1, 0.15) is 19.3 Å². The second-order valence-electron chi connectivity index (χ2n) is 32.0. The lowest BCUT2D eigenvalue weighted by Gasteiger charge is -2.21. The third-order valence-corrected chi connectivity index (χ3v) is 22.7. The number of aliphatic hydroxyl groups excluding tert-OH is 1. The van der Waals surface area contributed by atoms with E-state index < -0.39 is 97.5 Å². The van der Waals surface area contributed by atoms with Crippen LogP contribution in [0.2, 0.25) is 0 Å². The van der Waals surface area contributed by atoms with Crippen LogP contribution in [0.5, 0.6) is 0 Å². The molecule has 0 aliphatic rings. The molecule has 3 unspecified atom stereocenters. The third-order valence-electron chi connectivity index (χ3n) is 20.8. The monoisotopic (exact) mass is 1550 g/mol. The lowest BCUT2D eigenvalue weighted by atomic mass is 9.99. The van der Waals surface area contributed by atoms with Crippen molar-refractivity contribution in [2.45, 2.75) is 484 Å². The number of ether oxygens (including phenoxy) is 4. The van der Waals surface area contributed by atoms with E-state index in [1.165, 1.54) is 283 Å². The van der Waals surface area contributed by atoms with E-state index in [0.29, 0.717) is 25.7 Å². The van der Waals surface area contributed by atoms with Crippen molar-refractivity contribution in [3.8, 4) is 0 Å². The standard InChI is InChI=1S/C87H170O17P2/c1-7-10-12-14-16-18-20-22-24-26-27-28-29-30-32-34-36-41-45-53-59-65-71-86(91)103-82(75-97-84(89)69-63-57-51-44-40-35-33-31-25-23-21-19-17-15-13-11-8-2)77-101-105(93,94)99-73-81(88)74-100-106(95,96)102-78-83(76-98-85(90)70-64-58-52-48-47-50-56-62-68-80(6)9-3)104-87(92)72-66-60-54-46-42-38-37-39-43-49-55-61-67-79(4)5/h79-83,88H,7-78H2,1-6H3,(H,93,94)(H,95,96)/t80?,81-,82-,83-/m1/s1. The highest BCUT2D eigenvalue weighted by molar-refractivity contribution is 7.47. The van der Waals surface area contributed by atoms with Gasteiger partial charge in [-0.3, -0.25) is 37.3 Å². The molecule has 0 bridgehead atoms. The number of hydrogen-bond donors (Lipinski definition) is 3. The first-order valence-corrected chi connectivity index (χ1v) is 48.0. The third kappa shape index (κ3) is 78.7. The van der Waals surface area contributed by atoms with Gasteiger partial charge in [-0.05, 0) is 37.5 Å². The van der Waals surface area contributed by atoms with Crippen molar-refractivity contribution >= 4 is 39.5 Å². The van der Waals surface area contributed by atoms with Gasteiger partial charge in [-0.15, -0.1) is 0 Å². The van der Waals surface area contributed by atoms with Gasteiger partial charge in [0, 0.05) is 25.7 Å². The minimum Gasteiger partial charge on any atom is -0.462 e. The van der Waals surface area contributed by atoms with E-state index in [-0.39, 0.29) is 25.7 Å². The van der Waals surface area contributed by atoms with Crippen molar-refractivity contribution in [2.24, 2.45) is 11.8 Å². The fourth-order valence-electron chi connectivity index (χ4n) is 13.6. The second-order valence-corrected chi connectivity index (χ2v) is 34.9. The summed E-state index contributed by atoms with van der Waals surface area (Å²) in [5, 5.41) is 10.7. The van der Waals surface area contributed by atoms with Crippen LogP contribution in [0.4, 0.5) is 0 Å². The minimum absolute atomic E-state index is 0.107. The van der Waals surface area contributed by atoms with Crippen LogP contribution in [0.25, 0.3) is 0 Å². The maximum absolute atomic E-state index is 13.2. The predicted molar refractivity (Wildman–Crippen MR) is 437 cm³/mol. The minimum atomic E-state index is -4.97. The number of unbranched alkanes of at least 4 members (excludes halogenated alkanes) is 55. The van der Waals surface area contributed by atoms with Crippen molar-refractivity contribution in [3.63, 3.8) is 0 Å². The first-order valence-electron chi connectivity index (χ1n) is 45.0. The Kier molecular flexibility index (Phi) is 76.9. The van der Waals surface area contributed by atoms with E-state index in [1.54, 1.807) is 0 Å². The first-order chi connectivity index (χ1) is 51.4. The van der Waals surface area contributed by atoms with Crippen molar-refractivity contribution in [3.05, 3.63) is 0 Å². The molecule has 0 amide bonds. The molecular weight excluding hydrogens is 1380 g/mol. The van der Waals surface area contributed by atoms with Crippen LogP contribution >= 0.6 is 15.6 Å². The van der Waals surface area contributed by atoms with E-state index in [9.17, 15) is 43.2 Å². The fraction of sp³-hybridized carbons (Fsp3) is 0.954. The second kappa shape index (κ2) is 78.3. The van der Waals surface area contributed by atoms with E-state index in [0.717, 1.165) is 102 Å². The maximum Gasteiger partial charge on any atom is 0.472 e. The molecule has 0 rings (SSSR count). The van der Waals surface area contributed by atoms with Gasteiger partial charge in [0.15, 0.2) is 12.2 Å². The number of carbonyl (C=O) groups is 4. The summed E-state index contributed by atoms with van der Waals surface area (Å²) in [4.78, 5) is 73.3. The Morgan fingerprint density at radius 2 is 0.481 bits per heavy atom. The molecule has 17 nitrogen and oxygen atoms in total. The molecule has 0 radical (unpaired) electrons. The molecule has 0 aliphatic carbocycles. The van der Waals surface area contributed by atoms with Gasteiger partial charge in [-0.25, -0.2) is 9.13 Å². The Bertz CT molecular complexity index is 2030. The quantitative estimate of drug-likeness (QED) is 0.0222. The van der Waals surface area contributed by atoms with Gasteiger partial charge in [-0.1, -0.05) is 414 Å². The zero-order chi connectivity index (χ0) is 77.8. The van der Waals surface area contributed by atoms with E-state index >= 15 is 0 Å². The topological polar surface area (TPSA) is 237 Å². The lowest BCUT2D eigenvalue weighted by Crippen LogP contribution is -2.30. The smallest absolute Gasteiger partial charge is 0.462 e. The number of phosphoric ester groups is 2. The zero-order valence-corrected chi connectivity index (χ0v) is 71.5. The summed E-state index contributed by atoms with van der Waals surface area (Å²) in [6.07, 6.45) is 70.8. The summed E-state index contributed by atoms with van der Waals surface area (Å²) >= 11 is 0. The number of hydrogen-bond acceptors (Lipinski definition) is 15. The van der Waals surface area contributed by atoms with Crippen LogP contribution in [0, 0.1) is 11.8 Å². The molecule has 0 aromatic rings. The average Bonchev–Trinajstić information content (AvgIpc) is 0.904. The highest BCUT2D eigenvalue weighted by Gasteiger charge is 2.30. The van der Waals surface area contributed by atoms with Crippen LogP contribution in [-0.4, -0.2) is 96.7 Å². The van der Waals surface area contributed by atoms with E-state index in [4.69, 9.17) is 37.0 Å². The molecule has 0 aromatic heterocycles. The molecule has 0 saturated carbocycles. The molecule has 0 heterocycles. The Labute approximate surface area is 651 Å². The zero-order valence-electron chi connectivity index (χ0n) is 69.7. The predicted octanol–water partition coefficient (Wildman–Crippen LogP) is 26.6. The lowest BCUT2D eigenvalue weighted by molar-refractivity contribution is -0.161. The molecule has 106 heavy (non-hydrogen) atoms. The largest absolute Gasteiger partial charge is 0.472 e. The van der Waals surface area contributed by atoms with Gasteiger partial charge in [0.05, 0.1) is 26.4 Å². The van der Waals surface area contributed by atoms with E-state index in [2.05, 4.69) is 41.5 Å². The molecule has 0 fully saturated rings.